The van der Waals surface area contributed by atoms with Gasteiger partial charge in [0.1, 0.15) is 22.7 Å². The van der Waals surface area contributed by atoms with Crippen molar-refractivity contribution in [3.05, 3.63) is 23.8 Å². The van der Waals surface area contributed by atoms with Gasteiger partial charge in [-0.25, -0.2) is 4.79 Å². The van der Waals surface area contributed by atoms with Crippen LogP contribution in [0.5, 0.6) is 11.5 Å². The maximum absolute atomic E-state index is 12.5. The van der Waals surface area contributed by atoms with E-state index in [0.717, 1.165) is 6.42 Å². The fraction of sp³-hybridized carbons (Fsp3) is 0.579. The van der Waals surface area contributed by atoms with E-state index in [0.29, 0.717) is 37.2 Å². The summed E-state index contributed by atoms with van der Waals surface area (Å²) in [6.45, 7) is 6.63. The first-order chi connectivity index (χ1) is 11.7. The van der Waals surface area contributed by atoms with E-state index >= 15 is 0 Å². The Kier molecular flexibility index (Phi) is 4.39. The molecule has 6 heteroatoms. The molecule has 1 amide bonds. The lowest BCUT2D eigenvalue weighted by Crippen LogP contribution is -2.43. The van der Waals surface area contributed by atoms with Crippen molar-refractivity contribution >= 4 is 11.9 Å². The number of ether oxygens (including phenoxy) is 2. The fourth-order valence-corrected chi connectivity index (χ4v) is 3.44. The molecule has 0 aliphatic carbocycles. The average molecular weight is 347 g/mol. The highest BCUT2D eigenvalue weighted by molar-refractivity contribution is 6.00. The van der Waals surface area contributed by atoms with Gasteiger partial charge in [0, 0.05) is 19.5 Å². The summed E-state index contributed by atoms with van der Waals surface area (Å²) >= 11 is 0. The second kappa shape index (κ2) is 6.24. The summed E-state index contributed by atoms with van der Waals surface area (Å²) in [6.07, 6.45) is 1.99. The second-order valence-corrected chi connectivity index (χ2v) is 7.89. The molecule has 2 heterocycles. The minimum absolute atomic E-state index is 0.0251. The fourth-order valence-electron chi connectivity index (χ4n) is 3.44. The van der Waals surface area contributed by atoms with Gasteiger partial charge in [-0.1, -0.05) is 0 Å². The Balaban J connectivity index is 1.74. The summed E-state index contributed by atoms with van der Waals surface area (Å²) in [6, 6.07) is 4.61. The van der Waals surface area contributed by atoms with Crippen molar-refractivity contribution in [1.29, 1.82) is 0 Å². The molecule has 0 radical (unpaired) electrons. The third-order valence-corrected chi connectivity index (χ3v) is 4.62. The first kappa shape index (κ1) is 17.6. The lowest BCUT2D eigenvalue weighted by molar-refractivity contribution is 0.0188. The van der Waals surface area contributed by atoms with Gasteiger partial charge < -0.3 is 19.5 Å². The van der Waals surface area contributed by atoms with E-state index in [1.54, 1.807) is 11.0 Å². The number of ketones is 1. The van der Waals surface area contributed by atoms with Gasteiger partial charge in [-0.2, -0.15) is 0 Å². The molecule has 1 fully saturated rings. The van der Waals surface area contributed by atoms with Crippen LogP contribution in [0.2, 0.25) is 0 Å². The van der Waals surface area contributed by atoms with Crippen molar-refractivity contribution < 1.29 is 24.2 Å². The Morgan fingerprint density at radius 2 is 2.04 bits per heavy atom. The zero-order chi connectivity index (χ0) is 18.2. The maximum atomic E-state index is 12.5. The number of rotatable bonds is 0. The third kappa shape index (κ3) is 3.89. The normalized spacial score (nSPS) is 23.6. The zero-order valence-electron chi connectivity index (χ0n) is 15.0. The molecule has 1 unspecified atom stereocenters. The first-order valence-corrected chi connectivity index (χ1v) is 8.71. The van der Waals surface area contributed by atoms with Crippen LogP contribution >= 0.6 is 0 Å². The minimum Gasteiger partial charge on any atom is -0.508 e. The maximum Gasteiger partial charge on any atom is 0.410 e. The Hall–Kier alpha value is -2.24. The number of likely N-dealkylation sites (tertiary alicyclic amines) is 1. The van der Waals surface area contributed by atoms with E-state index in [2.05, 4.69) is 0 Å². The molecule has 1 N–H and O–H groups in total. The number of hydrogen-bond acceptors (Lipinski definition) is 5. The Morgan fingerprint density at radius 1 is 1.28 bits per heavy atom. The summed E-state index contributed by atoms with van der Waals surface area (Å²) in [7, 11) is 0. The zero-order valence-corrected chi connectivity index (χ0v) is 15.0. The molecule has 25 heavy (non-hydrogen) atoms. The van der Waals surface area contributed by atoms with Crippen molar-refractivity contribution in [2.45, 2.75) is 57.7 Å². The molecule has 3 rings (SSSR count). The van der Waals surface area contributed by atoms with Gasteiger partial charge in [-0.3, -0.25) is 4.79 Å². The monoisotopic (exact) mass is 347 g/mol. The number of benzene rings is 1. The number of carbonyl (C=O) groups excluding carboxylic acids is 2. The summed E-state index contributed by atoms with van der Waals surface area (Å²) in [5, 5.41) is 9.58. The molecule has 2 aliphatic rings. The van der Waals surface area contributed by atoms with Crippen LogP contribution in [0, 0.1) is 0 Å². The van der Waals surface area contributed by atoms with Crippen molar-refractivity contribution in [2.75, 3.05) is 13.1 Å². The van der Waals surface area contributed by atoms with Gasteiger partial charge in [0.15, 0.2) is 5.78 Å². The first-order valence-electron chi connectivity index (χ1n) is 8.71. The number of nitrogens with zero attached hydrogens (tertiary/aromatic N) is 1. The van der Waals surface area contributed by atoms with Crippen LogP contribution in [0.25, 0.3) is 0 Å². The van der Waals surface area contributed by atoms with E-state index in [4.69, 9.17) is 9.47 Å². The molecule has 1 atom stereocenters. The van der Waals surface area contributed by atoms with Gasteiger partial charge in [0.05, 0.1) is 12.0 Å². The number of carbonyl (C=O) groups is 2. The van der Waals surface area contributed by atoms with Crippen molar-refractivity contribution in [3.8, 4) is 11.5 Å². The molecule has 136 valence electrons. The van der Waals surface area contributed by atoms with Crippen molar-refractivity contribution in [2.24, 2.45) is 0 Å². The average Bonchev–Trinajstić information content (AvgIpc) is 2.69. The highest BCUT2D eigenvalue weighted by atomic mass is 16.6. The summed E-state index contributed by atoms with van der Waals surface area (Å²) < 4.78 is 11.6. The predicted octanol–water partition coefficient (Wildman–Crippen LogP) is 3.52. The number of amides is 1. The molecule has 0 bridgehead atoms. The summed E-state index contributed by atoms with van der Waals surface area (Å²) in [5.74, 6) is 0.547. The predicted molar refractivity (Wildman–Crippen MR) is 92.1 cm³/mol. The topological polar surface area (TPSA) is 76.1 Å². The van der Waals surface area contributed by atoms with Crippen LogP contribution < -0.4 is 4.74 Å². The minimum atomic E-state index is -0.585. The molecule has 1 aromatic carbocycles. The van der Waals surface area contributed by atoms with Crippen LogP contribution in [0.4, 0.5) is 4.79 Å². The Labute approximate surface area is 147 Å². The van der Waals surface area contributed by atoms with Crippen LogP contribution in [0.1, 0.15) is 56.8 Å². The molecule has 1 aromatic rings. The summed E-state index contributed by atoms with van der Waals surface area (Å²) in [5.41, 5.74) is -0.684. The molecule has 2 aliphatic heterocycles. The lowest BCUT2D eigenvalue weighted by atomic mass is 9.84. The number of Topliss-reactive ketones (excluding diaryl/α,β-unsaturated/α-hetero) is 1. The van der Waals surface area contributed by atoms with Gasteiger partial charge >= 0.3 is 6.09 Å². The van der Waals surface area contributed by atoms with Gasteiger partial charge in [0.25, 0.3) is 0 Å². The molecule has 0 saturated carbocycles. The van der Waals surface area contributed by atoms with Gasteiger partial charge in [0.2, 0.25) is 0 Å². The molecule has 0 aromatic heterocycles. The van der Waals surface area contributed by atoms with E-state index in [9.17, 15) is 14.7 Å². The number of hydrogen-bond donors (Lipinski definition) is 1. The Morgan fingerprint density at radius 3 is 2.76 bits per heavy atom. The Bertz CT molecular complexity index is 694. The van der Waals surface area contributed by atoms with Crippen LogP contribution in [-0.4, -0.2) is 46.2 Å². The lowest BCUT2D eigenvalue weighted by Gasteiger charge is -2.37. The summed E-state index contributed by atoms with van der Waals surface area (Å²) in [4.78, 5) is 26.5. The highest BCUT2D eigenvalue weighted by Crippen LogP contribution is 2.40. The molecule has 1 spiro atoms. The SMILES string of the molecule is CC(C)(C)OC(=O)N1CCCC2(CC1)CC(=O)c1cc(O)ccc1O2. The quantitative estimate of drug-likeness (QED) is 0.777. The largest absolute Gasteiger partial charge is 0.508 e. The number of aromatic hydroxyl groups is 1. The smallest absolute Gasteiger partial charge is 0.410 e. The van der Waals surface area contributed by atoms with E-state index < -0.39 is 11.2 Å². The van der Waals surface area contributed by atoms with Gasteiger partial charge in [-0.05, 0) is 51.8 Å². The number of fused-ring (bicyclic) bond motifs is 1. The molecule has 6 nitrogen and oxygen atoms in total. The van der Waals surface area contributed by atoms with Crippen molar-refractivity contribution in [3.63, 3.8) is 0 Å². The van der Waals surface area contributed by atoms with E-state index in [1.165, 1.54) is 12.1 Å². The molecule has 1 saturated heterocycles. The van der Waals surface area contributed by atoms with Gasteiger partial charge in [-0.15, -0.1) is 0 Å². The molecular formula is C19H25NO5. The van der Waals surface area contributed by atoms with Crippen molar-refractivity contribution in [1.82, 2.24) is 4.90 Å². The highest BCUT2D eigenvalue weighted by Gasteiger charge is 2.42. The number of phenolic OH excluding ortho intramolecular Hbond substituents is 1. The second-order valence-electron chi connectivity index (χ2n) is 7.89. The van der Waals surface area contributed by atoms with E-state index in [-0.39, 0.29) is 24.0 Å². The van der Waals surface area contributed by atoms with Crippen LogP contribution in [0.3, 0.4) is 0 Å². The standard InChI is InChI=1S/C19H25NO5/c1-18(2,3)25-17(23)20-9-4-7-19(8-10-20)12-15(22)14-11-13(21)5-6-16(14)24-19/h5-6,11,21H,4,7-10,12H2,1-3H3. The molecular weight excluding hydrogens is 322 g/mol. The third-order valence-electron chi connectivity index (χ3n) is 4.62. The number of phenols is 1. The van der Waals surface area contributed by atoms with Crippen LogP contribution in [-0.2, 0) is 4.74 Å². The van der Waals surface area contributed by atoms with E-state index in [1.807, 2.05) is 20.8 Å². The van der Waals surface area contributed by atoms with Crippen LogP contribution in [0.15, 0.2) is 18.2 Å².